The number of carbonyl (C=O) groups is 1. The minimum Gasteiger partial charge on any atom is -0.289 e. The van der Waals surface area contributed by atoms with E-state index in [0.29, 0.717) is 12.8 Å². The summed E-state index contributed by atoms with van der Waals surface area (Å²) in [6.45, 7) is 4.20. The first-order chi connectivity index (χ1) is 9.93. The minimum atomic E-state index is -4.67. The summed E-state index contributed by atoms with van der Waals surface area (Å²) in [4.78, 5) is 11.5. The highest BCUT2D eigenvalue weighted by Crippen LogP contribution is 2.28. The van der Waals surface area contributed by atoms with Crippen LogP contribution in [0.1, 0.15) is 90.9 Å². The number of Topliss-reactive ketones (excluding diaryl/α,β-unsaturated/α-hetero) is 1. The van der Waals surface area contributed by atoms with Crippen LogP contribution in [0, 0.1) is 5.92 Å². The van der Waals surface area contributed by atoms with Gasteiger partial charge in [0.25, 0.3) is 0 Å². The largest absolute Gasteiger partial charge is 0.450 e. The third kappa shape index (κ3) is 10.8. The fraction of sp³-hybridized carbons (Fsp3) is 0.941. The SMILES string of the molecule is CCCCCCCCC(CCCCCC)C(=O)C(F)(F)F. The zero-order chi connectivity index (χ0) is 16.1. The lowest BCUT2D eigenvalue weighted by Gasteiger charge is -2.17. The van der Waals surface area contributed by atoms with Gasteiger partial charge in [-0.1, -0.05) is 78.1 Å². The molecule has 1 atom stereocenters. The van der Waals surface area contributed by atoms with Crippen molar-refractivity contribution in [3.8, 4) is 0 Å². The van der Waals surface area contributed by atoms with E-state index in [1.54, 1.807) is 0 Å². The summed E-state index contributed by atoms with van der Waals surface area (Å²) in [5, 5.41) is 0. The average Bonchev–Trinajstić information content (AvgIpc) is 2.43. The van der Waals surface area contributed by atoms with Crippen LogP contribution in [-0.2, 0) is 4.79 Å². The molecule has 0 heterocycles. The highest BCUT2D eigenvalue weighted by molar-refractivity contribution is 5.86. The molecule has 0 aromatic heterocycles. The van der Waals surface area contributed by atoms with Crippen LogP contribution in [0.25, 0.3) is 0 Å². The predicted octanol–water partition coefficient (Wildman–Crippen LogP) is 6.46. The second-order valence-electron chi connectivity index (χ2n) is 5.96. The third-order valence-corrected chi connectivity index (χ3v) is 3.96. The minimum absolute atomic E-state index is 0.396. The van der Waals surface area contributed by atoms with Crippen LogP contribution in [0.15, 0.2) is 0 Å². The van der Waals surface area contributed by atoms with E-state index in [9.17, 15) is 18.0 Å². The number of hydrogen-bond donors (Lipinski definition) is 0. The normalized spacial score (nSPS) is 13.4. The van der Waals surface area contributed by atoms with Gasteiger partial charge in [-0.05, 0) is 12.8 Å². The Bertz CT molecular complexity index is 261. The Morgan fingerprint density at radius 3 is 1.57 bits per heavy atom. The molecule has 1 unspecified atom stereocenters. The molecular weight excluding hydrogens is 277 g/mol. The summed E-state index contributed by atoms with van der Waals surface area (Å²) in [5.41, 5.74) is 0. The van der Waals surface area contributed by atoms with E-state index in [4.69, 9.17) is 0 Å². The van der Waals surface area contributed by atoms with Crippen LogP contribution in [0.5, 0.6) is 0 Å². The molecule has 0 rings (SSSR count). The number of hydrogen-bond acceptors (Lipinski definition) is 1. The zero-order valence-electron chi connectivity index (χ0n) is 13.6. The molecular formula is C17H31F3O. The number of carbonyl (C=O) groups excluding carboxylic acids is 1. The van der Waals surface area contributed by atoms with Gasteiger partial charge >= 0.3 is 6.18 Å². The maximum Gasteiger partial charge on any atom is 0.450 e. The fourth-order valence-corrected chi connectivity index (χ4v) is 2.63. The average molecular weight is 308 g/mol. The van der Waals surface area contributed by atoms with Crippen molar-refractivity contribution in [3.05, 3.63) is 0 Å². The summed E-state index contributed by atoms with van der Waals surface area (Å²) in [7, 11) is 0. The van der Waals surface area contributed by atoms with Crippen molar-refractivity contribution in [2.24, 2.45) is 5.92 Å². The lowest BCUT2D eigenvalue weighted by atomic mass is 9.90. The highest BCUT2D eigenvalue weighted by Gasteiger charge is 2.42. The van der Waals surface area contributed by atoms with Crippen LogP contribution in [0.3, 0.4) is 0 Å². The number of alkyl halides is 3. The van der Waals surface area contributed by atoms with Crippen molar-refractivity contribution in [1.29, 1.82) is 0 Å². The molecule has 21 heavy (non-hydrogen) atoms. The molecule has 0 bridgehead atoms. The molecule has 0 N–H and O–H groups in total. The Morgan fingerprint density at radius 1 is 0.762 bits per heavy atom. The summed E-state index contributed by atoms with van der Waals surface area (Å²) >= 11 is 0. The van der Waals surface area contributed by atoms with E-state index in [1.165, 1.54) is 6.42 Å². The van der Waals surface area contributed by atoms with Gasteiger partial charge in [-0.3, -0.25) is 4.79 Å². The summed E-state index contributed by atoms with van der Waals surface area (Å²) in [6.07, 6.45) is 6.10. The van der Waals surface area contributed by atoms with Gasteiger partial charge in [0.1, 0.15) is 0 Å². The van der Waals surface area contributed by atoms with Gasteiger partial charge in [-0.2, -0.15) is 13.2 Å². The fourth-order valence-electron chi connectivity index (χ4n) is 2.63. The Balaban J connectivity index is 4.10. The van der Waals surface area contributed by atoms with Gasteiger partial charge in [0, 0.05) is 5.92 Å². The van der Waals surface area contributed by atoms with Gasteiger partial charge in [-0.15, -0.1) is 0 Å². The maximum absolute atomic E-state index is 12.6. The molecule has 0 aliphatic carbocycles. The molecule has 126 valence electrons. The van der Waals surface area contributed by atoms with Crippen molar-refractivity contribution < 1.29 is 18.0 Å². The molecule has 0 amide bonds. The first-order valence-corrected chi connectivity index (χ1v) is 8.54. The Morgan fingerprint density at radius 2 is 1.14 bits per heavy atom. The molecule has 0 aliphatic heterocycles. The van der Waals surface area contributed by atoms with Gasteiger partial charge in [0.2, 0.25) is 5.78 Å². The monoisotopic (exact) mass is 308 g/mol. The molecule has 0 spiro atoms. The number of halogens is 3. The predicted molar refractivity (Wildman–Crippen MR) is 81.3 cm³/mol. The van der Waals surface area contributed by atoms with Crippen molar-refractivity contribution in [1.82, 2.24) is 0 Å². The summed E-state index contributed by atoms with van der Waals surface area (Å²) in [5.74, 6) is -2.32. The number of rotatable bonds is 13. The Hall–Kier alpha value is -0.540. The zero-order valence-corrected chi connectivity index (χ0v) is 13.6. The second kappa shape index (κ2) is 12.0. The molecule has 4 heteroatoms. The lowest BCUT2D eigenvalue weighted by Crippen LogP contribution is -2.30. The first-order valence-electron chi connectivity index (χ1n) is 8.54. The molecule has 0 saturated heterocycles. The van der Waals surface area contributed by atoms with E-state index in [-0.39, 0.29) is 0 Å². The van der Waals surface area contributed by atoms with Gasteiger partial charge < -0.3 is 0 Å². The number of unbranched alkanes of at least 4 members (excludes halogenated alkanes) is 8. The Labute approximate surface area is 127 Å². The third-order valence-electron chi connectivity index (χ3n) is 3.96. The molecule has 0 aliphatic rings. The quantitative estimate of drug-likeness (QED) is 0.357. The molecule has 0 radical (unpaired) electrons. The van der Waals surface area contributed by atoms with Crippen LogP contribution >= 0.6 is 0 Å². The van der Waals surface area contributed by atoms with Crippen LogP contribution < -0.4 is 0 Å². The summed E-state index contributed by atoms with van der Waals surface area (Å²) in [6, 6.07) is 0. The van der Waals surface area contributed by atoms with Crippen molar-refractivity contribution in [2.75, 3.05) is 0 Å². The van der Waals surface area contributed by atoms with Gasteiger partial charge in [0.05, 0.1) is 0 Å². The van der Waals surface area contributed by atoms with Crippen LogP contribution in [-0.4, -0.2) is 12.0 Å². The standard InChI is InChI=1S/C17H31F3O/c1-3-5-7-9-10-12-14-15(13-11-8-6-4-2)16(21)17(18,19)20/h15H,3-14H2,1-2H3. The van der Waals surface area contributed by atoms with Crippen LogP contribution in [0.4, 0.5) is 13.2 Å². The first kappa shape index (κ1) is 20.5. The molecule has 0 aromatic rings. The van der Waals surface area contributed by atoms with Gasteiger partial charge in [0.15, 0.2) is 0 Å². The van der Waals surface area contributed by atoms with E-state index < -0.39 is 17.9 Å². The topological polar surface area (TPSA) is 17.1 Å². The van der Waals surface area contributed by atoms with E-state index in [1.807, 2.05) is 0 Å². The van der Waals surface area contributed by atoms with Crippen molar-refractivity contribution in [2.45, 2.75) is 97.1 Å². The number of ketones is 1. The van der Waals surface area contributed by atoms with Crippen LogP contribution in [0.2, 0.25) is 0 Å². The van der Waals surface area contributed by atoms with E-state index in [2.05, 4.69) is 13.8 Å². The maximum atomic E-state index is 12.6. The van der Waals surface area contributed by atoms with E-state index in [0.717, 1.165) is 57.8 Å². The smallest absolute Gasteiger partial charge is 0.289 e. The Kier molecular flexibility index (Phi) is 11.7. The molecule has 0 saturated carbocycles. The molecule has 1 nitrogen and oxygen atoms in total. The highest BCUT2D eigenvalue weighted by atomic mass is 19.4. The van der Waals surface area contributed by atoms with Crippen molar-refractivity contribution in [3.63, 3.8) is 0 Å². The lowest BCUT2D eigenvalue weighted by molar-refractivity contribution is -0.176. The summed E-state index contributed by atoms with van der Waals surface area (Å²) < 4.78 is 37.8. The molecule has 0 aromatic carbocycles. The van der Waals surface area contributed by atoms with Crippen molar-refractivity contribution >= 4 is 5.78 Å². The molecule has 0 fully saturated rings. The van der Waals surface area contributed by atoms with E-state index >= 15 is 0 Å². The second-order valence-corrected chi connectivity index (χ2v) is 5.96. The van der Waals surface area contributed by atoms with Gasteiger partial charge in [-0.25, -0.2) is 0 Å².